The average molecular weight is 452 g/mol. The molecule has 0 aliphatic carbocycles. The lowest BCUT2D eigenvalue weighted by Crippen LogP contribution is -2.33. The second kappa shape index (κ2) is 10.3. The number of carbonyl (C=O) groups is 2. The Labute approximate surface area is 187 Å². The molecule has 30 heavy (non-hydrogen) atoms. The number of rotatable bonds is 9. The van der Waals surface area contributed by atoms with E-state index in [0.717, 1.165) is 11.1 Å². The van der Waals surface area contributed by atoms with Crippen LogP contribution < -0.4 is 5.73 Å². The van der Waals surface area contributed by atoms with Crippen molar-refractivity contribution in [2.45, 2.75) is 51.2 Å². The Morgan fingerprint density at radius 3 is 2.30 bits per heavy atom. The highest BCUT2D eigenvalue weighted by Gasteiger charge is 2.36. The maximum absolute atomic E-state index is 12.7. The molecule has 3 atom stereocenters. The van der Waals surface area contributed by atoms with Gasteiger partial charge in [-0.1, -0.05) is 68.2 Å². The molecule has 7 heteroatoms. The number of aliphatic carboxylic acids is 1. The van der Waals surface area contributed by atoms with Crippen LogP contribution in [0, 0.1) is 5.92 Å². The van der Waals surface area contributed by atoms with Crippen molar-refractivity contribution in [2.75, 3.05) is 0 Å². The van der Waals surface area contributed by atoms with E-state index in [2.05, 4.69) is 0 Å². The van der Waals surface area contributed by atoms with Crippen LogP contribution >= 0.6 is 23.2 Å². The zero-order chi connectivity index (χ0) is 22.5. The lowest BCUT2D eigenvalue weighted by atomic mass is 9.76. The molecule has 162 valence electrons. The first kappa shape index (κ1) is 24.2. The molecule has 0 spiro atoms. The summed E-state index contributed by atoms with van der Waals surface area (Å²) >= 11 is 12.2. The van der Waals surface area contributed by atoms with Crippen LogP contribution in [-0.4, -0.2) is 23.1 Å². The number of carboxylic acid groups (broad SMARTS) is 1. The molecule has 0 heterocycles. The first-order valence-electron chi connectivity index (χ1n) is 9.70. The number of benzene rings is 2. The third-order valence-corrected chi connectivity index (χ3v) is 5.62. The second-order valence-corrected chi connectivity index (χ2v) is 9.02. The minimum Gasteiger partial charge on any atom is -0.480 e. The summed E-state index contributed by atoms with van der Waals surface area (Å²) in [5.41, 5.74) is 6.71. The van der Waals surface area contributed by atoms with Gasteiger partial charge >= 0.3 is 11.9 Å². The number of esters is 1. The van der Waals surface area contributed by atoms with E-state index in [4.69, 9.17) is 38.8 Å². The molecule has 0 radical (unpaired) electrons. The van der Waals surface area contributed by atoms with Gasteiger partial charge in [-0.25, -0.2) is 0 Å². The van der Waals surface area contributed by atoms with Crippen molar-refractivity contribution in [3.8, 4) is 0 Å². The van der Waals surface area contributed by atoms with Gasteiger partial charge in [-0.15, -0.1) is 0 Å². The highest BCUT2D eigenvalue weighted by atomic mass is 35.5. The molecule has 0 saturated heterocycles. The van der Waals surface area contributed by atoms with Crippen molar-refractivity contribution in [3.05, 3.63) is 69.7 Å². The lowest BCUT2D eigenvalue weighted by Gasteiger charge is -2.35. The molecule has 0 bridgehead atoms. The van der Waals surface area contributed by atoms with Crippen LogP contribution in [0.5, 0.6) is 0 Å². The Hall–Kier alpha value is -2.08. The minimum absolute atomic E-state index is 0.0662. The summed E-state index contributed by atoms with van der Waals surface area (Å²) in [5, 5.41) is 10.2. The van der Waals surface area contributed by atoms with E-state index in [0.29, 0.717) is 10.0 Å². The molecule has 0 aliphatic heterocycles. The smallest absolute Gasteiger partial charge is 0.320 e. The molecule has 0 fully saturated rings. The van der Waals surface area contributed by atoms with E-state index in [9.17, 15) is 9.59 Å². The average Bonchev–Trinajstić information content (AvgIpc) is 2.66. The largest absolute Gasteiger partial charge is 0.480 e. The Morgan fingerprint density at radius 1 is 1.10 bits per heavy atom. The second-order valence-electron chi connectivity index (χ2n) is 8.14. The third-order valence-electron chi connectivity index (χ3n) is 5.13. The Morgan fingerprint density at radius 2 is 1.73 bits per heavy atom. The van der Waals surface area contributed by atoms with Crippen LogP contribution in [0.25, 0.3) is 0 Å². The van der Waals surface area contributed by atoms with Gasteiger partial charge in [0.2, 0.25) is 0 Å². The molecular weight excluding hydrogens is 425 g/mol. The van der Waals surface area contributed by atoms with E-state index >= 15 is 0 Å². The molecule has 5 nitrogen and oxygen atoms in total. The molecular formula is C23H27Cl2NO4. The summed E-state index contributed by atoms with van der Waals surface area (Å²) in [6.07, 6.45) is -0.342. The third kappa shape index (κ3) is 6.46. The lowest BCUT2D eigenvalue weighted by molar-refractivity contribution is -0.154. The number of nitrogens with two attached hydrogens (primary N) is 1. The standard InChI is InChI=1S/C23H27Cl2NO4/c1-14(11-19(26)22(28)29)12-20(27)30-21(15-7-9-17(24)10-8-15)23(2,3)16-5-4-6-18(25)13-16/h4-10,13-14,19,21H,11-12,26H2,1-3H3,(H,28,29)/t14?,19-,21?/m0/s1. The fraction of sp³-hybridized carbons (Fsp3) is 0.391. The van der Waals surface area contributed by atoms with E-state index in [-0.39, 0.29) is 18.8 Å². The van der Waals surface area contributed by atoms with Gasteiger partial charge in [0.25, 0.3) is 0 Å². The van der Waals surface area contributed by atoms with Gasteiger partial charge in [0.05, 0.1) is 0 Å². The van der Waals surface area contributed by atoms with Crippen LogP contribution in [-0.2, 0) is 19.7 Å². The van der Waals surface area contributed by atoms with Crippen LogP contribution in [0.1, 0.15) is 50.8 Å². The zero-order valence-electron chi connectivity index (χ0n) is 17.3. The van der Waals surface area contributed by atoms with Gasteiger partial charge in [-0.2, -0.15) is 0 Å². The molecule has 0 aliphatic rings. The molecule has 0 amide bonds. The first-order chi connectivity index (χ1) is 14.0. The monoisotopic (exact) mass is 451 g/mol. The van der Waals surface area contributed by atoms with Crippen LogP contribution in [0.4, 0.5) is 0 Å². The molecule has 2 aromatic rings. The fourth-order valence-electron chi connectivity index (χ4n) is 3.39. The van der Waals surface area contributed by atoms with Gasteiger partial charge in [-0.3, -0.25) is 9.59 Å². The number of ether oxygens (including phenoxy) is 1. The molecule has 0 saturated carbocycles. The summed E-state index contributed by atoms with van der Waals surface area (Å²) in [4.78, 5) is 23.7. The van der Waals surface area contributed by atoms with Gasteiger partial charge in [0.1, 0.15) is 12.1 Å². The van der Waals surface area contributed by atoms with Crippen molar-refractivity contribution in [3.63, 3.8) is 0 Å². The predicted octanol–water partition coefficient (Wildman–Crippen LogP) is 5.38. The molecule has 2 rings (SSSR count). The van der Waals surface area contributed by atoms with Crippen molar-refractivity contribution in [2.24, 2.45) is 11.7 Å². The number of hydrogen-bond acceptors (Lipinski definition) is 4. The SMILES string of the molecule is CC(CC(=O)OC(c1ccc(Cl)cc1)C(C)(C)c1cccc(Cl)c1)C[C@H](N)C(=O)O. The Balaban J connectivity index is 2.27. The van der Waals surface area contributed by atoms with E-state index in [1.54, 1.807) is 25.1 Å². The first-order valence-corrected chi connectivity index (χ1v) is 10.5. The topological polar surface area (TPSA) is 89.6 Å². The highest BCUT2D eigenvalue weighted by Crippen LogP contribution is 2.41. The summed E-state index contributed by atoms with van der Waals surface area (Å²) in [7, 11) is 0. The predicted molar refractivity (Wildman–Crippen MR) is 119 cm³/mol. The number of hydrogen-bond donors (Lipinski definition) is 2. The molecule has 3 N–H and O–H groups in total. The summed E-state index contributed by atoms with van der Waals surface area (Å²) < 4.78 is 5.93. The van der Waals surface area contributed by atoms with E-state index in [1.807, 2.05) is 44.2 Å². The summed E-state index contributed by atoms with van der Waals surface area (Å²) in [5.74, 6) is -1.74. The quantitative estimate of drug-likeness (QED) is 0.499. The summed E-state index contributed by atoms with van der Waals surface area (Å²) in [6, 6.07) is 13.6. The van der Waals surface area contributed by atoms with Crippen molar-refractivity contribution in [1.29, 1.82) is 0 Å². The highest BCUT2D eigenvalue weighted by molar-refractivity contribution is 6.30. The Kier molecular flexibility index (Phi) is 8.30. The van der Waals surface area contributed by atoms with Gasteiger partial charge in [0.15, 0.2) is 0 Å². The molecule has 0 aromatic heterocycles. The van der Waals surface area contributed by atoms with Gasteiger partial charge < -0.3 is 15.6 Å². The van der Waals surface area contributed by atoms with Crippen LogP contribution in [0.2, 0.25) is 10.0 Å². The van der Waals surface area contributed by atoms with Crippen molar-refractivity contribution < 1.29 is 19.4 Å². The maximum Gasteiger partial charge on any atom is 0.320 e. The molecule has 2 unspecified atom stereocenters. The summed E-state index contributed by atoms with van der Waals surface area (Å²) in [6.45, 7) is 5.74. The van der Waals surface area contributed by atoms with Crippen molar-refractivity contribution >= 4 is 35.1 Å². The number of carboxylic acids is 1. The van der Waals surface area contributed by atoms with Crippen molar-refractivity contribution in [1.82, 2.24) is 0 Å². The fourth-order valence-corrected chi connectivity index (χ4v) is 3.71. The van der Waals surface area contributed by atoms with E-state index in [1.165, 1.54) is 0 Å². The maximum atomic E-state index is 12.7. The minimum atomic E-state index is -1.09. The Bertz CT molecular complexity index is 883. The molecule has 2 aromatic carbocycles. The van der Waals surface area contributed by atoms with Gasteiger partial charge in [-0.05, 0) is 47.7 Å². The van der Waals surface area contributed by atoms with Gasteiger partial charge in [0, 0.05) is 21.9 Å². The van der Waals surface area contributed by atoms with Crippen LogP contribution in [0.15, 0.2) is 48.5 Å². The zero-order valence-corrected chi connectivity index (χ0v) is 18.8. The number of halogens is 2. The normalized spacial score (nSPS) is 14.6. The number of carbonyl (C=O) groups excluding carboxylic acids is 1. The van der Waals surface area contributed by atoms with E-state index < -0.39 is 29.5 Å². The van der Waals surface area contributed by atoms with Crippen LogP contribution in [0.3, 0.4) is 0 Å².